The Morgan fingerprint density at radius 3 is 2.59 bits per heavy atom. The molecule has 0 aliphatic heterocycles. The molecule has 0 bridgehead atoms. The lowest BCUT2D eigenvalue weighted by molar-refractivity contribution is 0.357. The van der Waals surface area contributed by atoms with Crippen LogP contribution in [0.1, 0.15) is 32.1 Å². The first-order chi connectivity index (χ1) is 13.0. The quantitative estimate of drug-likeness (QED) is 0.604. The average molecular weight is 403 g/mol. The van der Waals surface area contributed by atoms with Gasteiger partial charge in [-0.2, -0.15) is 0 Å². The first-order valence-corrected chi connectivity index (χ1v) is 11.3. The number of fused-ring (bicyclic) bond motifs is 1. The van der Waals surface area contributed by atoms with Crippen LogP contribution in [0.4, 0.5) is 0 Å². The van der Waals surface area contributed by atoms with Crippen molar-refractivity contribution in [2.45, 2.75) is 37.0 Å². The molecule has 27 heavy (non-hydrogen) atoms. The Balaban J connectivity index is 1.61. The zero-order valence-electron chi connectivity index (χ0n) is 15.0. The second-order valence-electron chi connectivity index (χ2n) is 7.27. The number of nitrogens with one attached hydrogen (secondary N) is 2. The van der Waals surface area contributed by atoms with Gasteiger partial charge in [0.25, 0.3) is 0 Å². The maximum atomic E-state index is 12.8. The fraction of sp³-hybridized carbons (Fsp3) is 0.333. The number of rotatable bonds is 5. The van der Waals surface area contributed by atoms with Crippen molar-refractivity contribution in [3.05, 3.63) is 53.6 Å². The van der Waals surface area contributed by atoms with Crippen molar-refractivity contribution in [2.24, 2.45) is 5.92 Å². The number of benzene rings is 2. The third-order valence-corrected chi connectivity index (χ3v) is 7.25. The van der Waals surface area contributed by atoms with Gasteiger partial charge < -0.3 is 4.98 Å². The van der Waals surface area contributed by atoms with Crippen molar-refractivity contribution in [1.82, 2.24) is 9.71 Å². The molecular formula is C21H23ClN2O2S. The highest BCUT2D eigenvalue weighted by Crippen LogP contribution is 2.30. The van der Waals surface area contributed by atoms with Crippen LogP contribution in [0.2, 0.25) is 5.02 Å². The third kappa shape index (κ3) is 4.05. The number of hydrogen-bond donors (Lipinski definition) is 2. The smallest absolute Gasteiger partial charge is 0.242 e. The van der Waals surface area contributed by atoms with Gasteiger partial charge in [0.2, 0.25) is 10.0 Å². The minimum Gasteiger partial charge on any atom is -0.355 e. The second kappa shape index (κ2) is 7.66. The standard InChI is InChI=1S/C21H23ClN2O2S/c22-18-11-10-17(20-12-16-8-4-5-9-19(16)24-20)13-21(18)27(25,26)23-14-15-6-2-1-3-7-15/h4-5,8-13,15,23-24H,1-3,6-7,14H2. The molecule has 0 atom stereocenters. The molecule has 0 unspecified atom stereocenters. The van der Waals surface area contributed by atoms with E-state index in [4.69, 9.17) is 11.6 Å². The van der Waals surface area contributed by atoms with Crippen molar-refractivity contribution in [2.75, 3.05) is 6.54 Å². The molecule has 1 heterocycles. The molecule has 0 saturated heterocycles. The van der Waals surface area contributed by atoms with Crippen molar-refractivity contribution in [3.8, 4) is 11.3 Å². The molecule has 1 fully saturated rings. The van der Waals surface area contributed by atoms with E-state index in [9.17, 15) is 8.42 Å². The van der Waals surface area contributed by atoms with E-state index in [-0.39, 0.29) is 9.92 Å². The molecule has 0 amide bonds. The van der Waals surface area contributed by atoms with Crippen molar-refractivity contribution >= 4 is 32.5 Å². The minimum atomic E-state index is -3.65. The van der Waals surface area contributed by atoms with Gasteiger partial charge in [-0.25, -0.2) is 13.1 Å². The van der Waals surface area contributed by atoms with E-state index in [0.29, 0.717) is 12.5 Å². The van der Waals surface area contributed by atoms with Crippen LogP contribution < -0.4 is 4.72 Å². The summed E-state index contributed by atoms with van der Waals surface area (Å²) in [6, 6.07) is 15.1. The maximum Gasteiger partial charge on any atom is 0.242 e. The molecule has 0 radical (unpaired) electrons. The van der Waals surface area contributed by atoms with Gasteiger partial charge in [-0.15, -0.1) is 0 Å². The van der Waals surface area contributed by atoms with E-state index >= 15 is 0 Å². The molecule has 2 N–H and O–H groups in total. The summed E-state index contributed by atoms with van der Waals surface area (Å²) in [5, 5.41) is 1.33. The van der Waals surface area contributed by atoms with Crippen LogP contribution in [0, 0.1) is 5.92 Å². The normalized spacial score (nSPS) is 16.0. The van der Waals surface area contributed by atoms with Crippen LogP contribution in [0.15, 0.2) is 53.4 Å². The molecule has 4 nitrogen and oxygen atoms in total. The highest BCUT2D eigenvalue weighted by Gasteiger charge is 2.22. The number of para-hydroxylation sites is 1. The van der Waals surface area contributed by atoms with E-state index in [1.165, 1.54) is 19.3 Å². The number of H-pyrrole nitrogens is 1. The van der Waals surface area contributed by atoms with Crippen LogP contribution in [0.25, 0.3) is 22.2 Å². The summed E-state index contributed by atoms with van der Waals surface area (Å²) in [4.78, 5) is 3.47. The molecule has 6 heteroatoms. The SMILES string of the molecule is O=S(=O)(NCC1CCCCC1)c1cc(-c2cc3ccccc3[nH]2)ccc1Cl. The van der Waals surface area contributed by atoms with Gasteiger partial charge in [-0.1, -0.05) is 55.1 Å². The Morgan fingerprint density at radius 1 is 1.04 bits per heavy atom. The van der Waals surface area contributed by atoms with Gasteiger partial charge in [0.1, 0.15) is 4.90 Å². The van der Waals surface area contributed by atoms with Crippen molar-refractivity contribution in [1.29, 1.82) is 0 Å². The molecule has 142 valence electrons. The predicted octanol–water partition coefficient (Wildman–Crippen LogP) is 5.35. The van der Waals surface area contributed by atoms with Gasteiger partial charge in [0.15, 0.2) is 0 Å². The van der Waals surface area contributed by atoms with Gasteiger partial charge in [0, 0.05) is 23.1 Å². The molecule has 0 spiro atoms. The van der Waals surface area contributed by atoms with E-state index in [1.807, 2.05) is 36.4 Å². The third-order valence-electron chi connectivity index (χ3n) is 5.35. The van der Waals surface area contributed by atoms with Gasteiger partial charge in [0.05, 0.1) is 5.02 Å². The molecule has 1 aromatic heterocycles. The summed E-state index contributed by atoms with van der Waals surface area (Å²) >= 11 is 6.24. The molecule has 3 aromatic rings. The maximum absolute atomic E-state index is 12.8. The minimum absolute atomic E-state index is 0.135. The lowest BCUT2D eigenvalue weighted by Gasteiger charge is -2.21. The summed E-state index contributed by atoms with van der Waals surface area (Å²) in [5.74, 6) is 0.421. The monoisotopic (exact) mass is 402 g/mol. The lowest BCUT2D eigenvalue weighted by Crippen LogP contribution is -2.30. The molecule has 1 aliphatic carbocycles. The molecule has 1 aliphatic rings. The van der Waals surface area contributed by atoms with Crippen LogP contribution in [-0.2, 0) is 10.0 Å². The number of aromatic amines is 1. The Bertz CT molecular complexity index is 1020. The Hall–Kier alpha value is -1.82. The fourth-order valence-electron chi connectivity index (χ4n) is 3.80. The van der Waals surface area contributed by atoms with E-state index in [0.717, 1.165) is 35.0 Å². The number of halogens is 1. The molecular weight excluding hydrogens is 380 g/mol. The molecule has 1 saturated carbocycles. The van der Waals surface area contributed by atoms with E-state index < -0.39 is 10.0 Å². The van der Waals surface area contributed by atoms with Crippen LogP contribution in [0.5, 0.6) is 0 Å². The van der Waals surface area contributed by atoms with E-state index in [1.54, 1.807) is 12.1 Å². The summed E-state index contributed by atoms with van der Waals surface area (Å²) in [6.45, 7) is 0.481. The van der Waals surface area contributed by atoms with Crippen LogP contribution >= 0.6 is 11.6 Å². The van der Waals surface area contributed by atoms with Crippen molar-refractivity contribution in [3.63, 3.8) is 0 Å². The second-order valence-corrected chi connectivity index (χ2v) is 9.41. The zero-order chi connectivity index (χ0) is 18.9. The summed E-state index contributed by atoms with van der Waals surface area (Å²) in [7, 11) is -3.65. The number of aromatic nitrogens is 1. The summed E-state index contributed by atoms with van der Waals surface area (Å²) in [5.41, 5.74) is 2.69. The lowest BCUT2D eigenvalue weighted by atomic mass is 9.90. The Labute approximate surface area is 165 Å². The largest absolute Gasteiger partial charge is 0.355 e. The topological polar surface area (TPSA) is 62.0 Å². The average Bonchev–Trinajstić information content (AvgIpc) is 3.12. The predicted molar refractivity (Wildman–Crippen MR) is 111 cm³/mol. The van der Waals surface area contributed by atoms with E-state index in [2.05, 4.69) is 9.71 Å². The summed E-state index contributed by atoms with van der Waals surface area (Å²) < 4.78 is 28.5. The Morgan fingerprint density at radius 2 is 1.81 bits per heavy atom. The Kier molecular flexibility index (Phi) is 5.26. The first-order valence-electron chi connectivity index (χ1n) is 9.40. The molecule has 4 rings (SSSR count). The first kappa shape index (κ1) is 18.5. The summed E-state index contributed by atoms with van der Waals surface area (Å²) in [6.07, 6.45) is 5.80. The fourth-order valence-corrected chi connectivity index (χ4v) is 5.44. The van der Waals surface area contributed by atoms with Crippen LogP contribution in [0.3, 0.4) is 0 Å². The highest BCUT2D eigenvalue weighted by atomic mass is 35.5. The number of hydrogen-bond acceptors (Lipinski definition) is 2. The van der Waals surface area contributed by atoms with Crippen molar-refractivity contribution < 1.29 is 8.42 Å². The van der Waals surface area contributed by atoms with Crippen LogP contribution in [-0.4, -0.2) is 19.9 Å². The number of sulfonamides is 1. The molecule has 2 aromatic carbocycles. The zero-order valence-corrected chi connectivity index (χ0v) is 16.6. The highest BCUT2D eigenvalue weighted by molar-refractivity contribution is 7.89. The van der Waals surface area contributed by atoms with Gasteiger partial charge in [-0.05, 0) is 48.6 Å². The van der Waals surface area contributed by atoms with Gasteiger partial charge >= 0.3 is 0 Å². The van der Waals surface area contributed by atoms with Gasteiger partial charge in [-0.3, -0.25) is 0 Å².